The fourth-order valence-corrected chi connectivity index (χ4v) is 3.31. The van der Waals surface area contributed by atoms with Crippen LogP contribution in [0.1, 0.15) is 32.8 Å². The minimum absolute atomic E-state index is 0.0402. The van der Waals surface area contributed by atoms with Crippen molar-refractivity contribution in [3.8, 4) is 11.5 Å². The highest BCUT2D eigenvalue weighted by Gasteiger charge is 2.41. The molecule has 3 rings (SSSR count). The van der Waals surface area contributed by atoms with Crippen molar-refractivity contribution in [3.05, 3.63) is 23.8 Å². The van der Waals surface area contributed by atoms with Gasteiger partial charge >= 0.3 is 0 Å². The van der Waals surface area contributed by atoms with Crippen LogP contribution in [0.5, 0.6) is 11.5 Å². The van der Waals surface area contributed by atoms with E-state index < -0.39 is 5.41 Å². The number of carbonyl (C=O) groups is 1. The van der Waals surface area contributed by atoms with Crippen molar-refractivity contribution in [2.45, 2.75) is 32.6 Å². The first-order valence-corrected chi connectivity index (χ1v) is 8.25. The number of nitrogens with two attached hydrogens (primary N) is 1. The van der Waals surface area contributed by atoms with Crippen molar-refractivity contribution in [1.29, 1.82) is 0 Å². The maximum atomic E-state index is 13.1. The number of hydrogen-bond donors (Lipinski definition) is 1. The Morgan fingerprint density at radius 2 is 2.00 bits per heavy atom. The van der Waals surface area contributed by atoms with Gasteiger partial charge in [0.05, 0.1) is 5.41 Å². The zero-order chi connectivity index (χ0) is 16.7. The number of ether oxygens (including phenoxy) is 2. The number of carbonyl (C=O) groups excluding carboxylic acids is 1. The molecule has 23 heavy (non-hydrogen) atoms. The lowest BCUT2D eigenvalue weighted by atomic mass is 9.82. The Balaban J connectivity index is 1.82. The van der Waals surface area contributed by atoms with Gasteiger partial charge in [0.2, 0.25) is 5.91 Å². The Kier molecular flexibility index (Phi) is 4.00. The highest BCUT2D eigenvalue weighted by atomic mass is 16.6. The normalized spacial score (nSPS) is 23.9. The van der Waals surface area contributed by atoms with Gasteiger partial charge in [-0.05, 0) is 49.9 Å². The number of hydrogen-bond acceptors (Lipinski definition) is 4. The van der Waals surface area contributed by atoms with Gasteiger partial charge in [0.15, 0.2) is 11.5 Å². The summed E-state index contributed by atoms with van der Waals surface area (Å²) in [5.74, 6) is 1.62. The summed E-state index contributed by atoms with van der Waals surface area (Å²) in [6.07, 6.45) is 0.965. The number of amides is 1. The molecule has 5 nitrogen and oxygen atoms in total. The fraction of sp³-hybridized carbons (Fsp3) is 0.611. The summed E-state index contributed by atoms with van der Waals surface area (Å²) >= 11 is 0. The van der Waals surface area contributed by atoms with Crippen LogP contribution in [0.2, 0.25) is 0 Å². The van der Waals surface area contributed by atoms with Crippen LogP contribution in [-0.4, -0.2) is 43.7 Å². The zero-order valence-corrected chi connectivity index (χ0v) is 14.2. The van der Waals surface area contributed by atoms with Crippen LogP contribution in [0.4, 0.5) is 0 Å². The molecular formula is C18H26N2O3. The second-order valence-corrected chi connectivity index (χ2v) is 7.47. The average molecular weight is 318 g/mol. The maximum Gasteiger partial charge on any atom is 0.232 e. The molecule has 2 aliphatic rings. The van der Waals surface area contributed by atoms with Crippen molar-refractivity contribution in [1.82, 2.24) is 4.90 Å². The third-order valence-corrected chi connectivity index (χ3v) is 5.14. The van der Waals surface area contributed by atoms with E-state index in [0.29, 0.717) is 19.8 Å². The number of rotatable bonds is 3. The molecule has 1 amide bonds. The van der Waals surface area contributed by atoms with Gasteiger partial charge in [-0.3, -0.25) is 4.79 Å². The van der Waals surface area contributed by atoms with Gasteiger partial charge in [0.25, 0.3) is 0 Å². The summed E-state index contributed by atoms with van der Waals surface area (Å²) in [6, 6.07) is 5.79. The van der Waals surface area contributed by atoms with Crippen molar-refractivity contribution in [3.63, 3.8) is 0 Å². The predicted molar refractivity (Wildman–Crippen MR) is 88.8 cm³/mol. The first-order valence-electron chi connectivity index (χ1n) is 8.25. The summed E-state index contributed by atoms with van der Waals surface area (Å²) in [7, 11) is 0. The average Bonchev–Trinajstić information content (AvgIpc) is 2.96. The molecule has 0 aromatic heterocycles. The molecule has 1 saturated heterocycles. The second-order valence-electron chi connectivity index (χ2n) is 7.47. The molecular weight excluding hydrogens is 292 g/mol. The summed E-state index contributed by atoms with van der Waals surface area (Å²) in [5.41, 5.74) is 6.25. The zero-order valence-electron chi connectivity index (χ0n) is 14.2. The van der Waals surface area contributed by atoms with Crippen molar-refractivity contribution < 1.29 is 14.3 Å². The molecule has 126 valence electrons. The van der Waals surface area contributed by atoms with E-state index in [0.717, 1.165) is 36.6 Å². The van der Waals surface area contributed by atoms with E-state index in [-0.39, 0.29) is 11.3 Å². The first kappa shape index (κ1) is 16.1. The van der Waals surface area contributed by atoms with E-state index in [1.54, 1.807) is 0 Å². The molecule has 2 N–H and O–H groups in total. The molecule has 5 heteroatoms. The summed E-state index contributed by atoms with van der Waals surface area (Å²) in [4.78, 5) is 15.0. The van der Waals surface area contributed by atoms with Crippen LogP contribution in [0.15, 0.2) is 18.2 Å². The standard InChI is InChI=1S/C18H26N2O3/c1-17(2,16(21)20-7-6-18(3,11-19)12-20)13-4-5-14-15(10-13)23-9-8-22-14/h4-5,10H,6-9,11-12,19H2,1-3H3. The van der Waals surface area contributed by atoms with Crippen LogP contribution >= 0.6 is 0 Å². The molecule has 1 fully saturated rings. The number of nitrogens with zero attached hydrogens (tertiary/aromatic N) is 1. The molecule has 1 aromatic carbocycles. The second kappa shape index (κ2) is 5.71. The monoisotopic (exact) mass is 318 g/mol. The number of likely N-dealkylation sites (tertiary alicyclic amines) is 1. The van der Waals surface area contributed by atoms with Gasteiger partial charge in [-0.15, -0.1) is 0 Å². The van der Waals surface area contributed by atoms with Crippen LogP contribution in [0.3, 0.4) is 0 Å². The molecule has 1 unspecified atom stereocenters. The van der Waals surface area contributed by atoms with E-state index in [1.165, 1.54) is 0 Å². The van der Waals surface area contributed by atoms with Crippen molar-refractivity contribution >= 4 is 5.91 Å². The Labute approximate surface area is 137 Å². The van der Waals surface area contributed by atoms with Crippen molar-refractivity contribution in [2.24, 2.45) is 11.1 Å². The molecule has 0 bridgehead atoms. The lowest BCUT2D eigenvalue weighted by molar-refractivity contribution is -0.135. The maximum absolute atomic E-state index is 13.1. The smallest absolute Gasteiger partial charge is 0.232 e. The molecule has 1 aromatic rings. The molecule has 2 heterocycles. The van der Waals surface area contributed by atoms with Crippen LogP contribution in [0.25, 0.3) is 0 Å². The Bertz CT molecular complexity index is 614. The Hall–Kier alpha value is -1.75. The van der Waals surface area contributed by atoms with E-state index in [9.17, 15) is 4.79 Å². The van der Waals surface area contributed by atoms with Gasteiger partial charge in [-0.25, -0.2) is 0 Å². The SMILES string of the molecule is CC1(CN)CCN(C(=O)C(C)(C)c2ccc3c(c2)OCCO3)C1. The molecule has 0 aliphatic carbocycles. The van der Waals surface area contributed by atoms with Crippen molar-refractivity contribution in [2.75, 3.05) is 32.8 Å². The summed E-state index contributed by atoms with van der Waals surface area (Å²) in [6.45, 7) is 9.33. The topological polar surface area (TPSA) is 64.8 Å². The van der Waals surface area contributed by atoms with E-state index in [2.05, 4.69) is 6.92 Å². The highest BCUT2D eigenvalue weighted by Crippen LogP contribution is 2.37. The minimum Gasteiger partial charge on any atom is -0.486 e. The predicted octanol–water partition coefficient (Wildman–Crippen LogP) is 1.93. The third-order valence-electron chi connectivity index (χ3n) is 5.14. The molecule has 1 atom stereocenters. The van der Waals surface area contributed by atoms with Gasteiger partial charge in [0.1, 0.15) is 13.2 Å². The number of benzene rings is 1. The highest BCUT2D eigenvalue weighted by molar-refractivity contribution is 5.88. The Morgan fingerprint density at radius 3 is 2.65 bits per heavy atom. The quantitative estimate of drug-likeness (QED) is 0.925. The van der Waals surface area contributed by atoms with Gasteiger partial charge in [0, 0.05) is 13.1 Å². The minimum atomic E-state index is -0.602. The van der Waals surface area contributed by atoms with E-state index in [1.807, 2.05) is 36.9 Å². The summed E-state index contributed by atoms with van der Waals surface area (Å²) in [5, 5.41) is 0. The number of fused-ring (bicyclic) bond motifs is 1. The Morgan fingerprint density at radius 1 is 1.30 bits per heavy atom. The fourth-order valence-electron chi connectivity index (χ4n) is 3.31. The largest absolute Gasteiger partial charge is 0.486 e. The third kappa shape index (κ3) is 2.90. The lowest BCUT2D eigenvalue weighted by Gasteiger charge is -2.31. The van der Waals surface area contributed by atoms with E-state index >= 15 is 0 Å². The molecule has 0 saturated carbocycles. The lowest BCUT2D eigenvalue weighted by Crippen LogP contribution is -2.43. The van der Waals surface area contributed by atoms with Crippen LogP contribution in [0, 0.1) is 5.41 Å². The molecule has 0 spiro atoms. The van der Waals surface area contributed by atoms with Gasteiger partial charge in [-0.1, -0.05) is 13.0 Å². The van der Waals surface area contributed by atoms with E-state index in [4.69, 9.17) is 15.2 Å². The van der Waals surface area contributed by atoms with Crippen LogP contribution in [-0.2, 0) is 10.2 Å². The van der Waals surface area contributed by atoms with Gasteiger partial charge < -0.3 is 20.1 Å². The molecule has 2 aliphatic heterocycles. The summed E-state index contributed by atoms with van der Waals surface area (Å²) < 4.78 is 11.2. The van der Waals surface area contributed by atoms with Gasteiger partial charge in [-0.2, -0.15) is 0 Å². The molecule has 0 radical (unpaired) electrons. The van der Waals surface area contributed by atoms with Crippen LogP contribution < -0.4 is 15.2 Å². The first-order chi connectivity index (χ1) is 10.9.